The van der Waals surface area contributed by atoms with Crippen LogP contribution in [0.15, 0.2) is 60.7 Å². The Bertz CT molecular complexity index is 1150. The first-order chi connectivity index (χ1) is 14.5. The molecule has 0 radical (unpaired) electrons. The van der Waals surface area contributed by atoms with E-state index in [-0.39, 0.29) is 17.9 Å². The molecule has 0 saturated heterocycles. The van der Waals surface area contributed by atoms with Crippen molar-refractivity contribution in [2.75, 3.05) is 4.90 Å². The van der Waals surface area contributed by atoms with E-state index in [0.29, 0.717) is 12.8 Å². The molecule has 2 amide bonds. The fourth-order valence-corrected chi connectivity index (χ4v) is 4.88. The Labute approximate surface area is 175 Å². The SMILES string of the molecule is C[C@@H](NC(=O)[C@@H]1Cc2cccc3c2N1C(=O)[C@@H](N)CC3)c1cccc2ccccc12. The number of amides is 2. The summed E-state index contributed by atoms with van der Waals surface area (Å²) in [5.74, 6) is -0.295. The number of rotatable bonds is 3. The number of carbonyl (C=O) groups is 2. The Morgan fingerprint density at radius 2 is 1.80 bits per heavy atom. The largest absolute Gasteiger partial charge is 0.348 e. The van der Waals surface area contributed by atoms with Gasteiger partial charge in [0.1, 0.15) is 6.04 Å². The van der Waals surface area contributed by atoms with Gasteiger partial charge in [-0.25, -0.2) is 0 Å². The summed E-state index contributed by atoms with van der Waals surface area (Å²) in [7, 11) is 0. The fraction of sp³-hybridized carbons (Fsp3) is 0.280. The van der Waals surface area contributed by atoms with Gasteiger partial charge < -0.3 is 11.1 Å². The van der Waals surface area contributed by atoms with Gasteiger partial charge in [0.2, 0.25) is 11.8 Å². The summed E-state index contributed by atoms with van der Waals surface area (Å²) in [5.41, 5.74) is 10.3. The molecule has 3 atom stereocenters. The minimum absolute atomic E-state index is 0.139. The molecule has 3 aromatic rings. The molecule has 2 aliphatic heterocycles. The van der Waals surface area contributed by atoms with Crippen LogP contribution in [0.3, 0.4) is 0 Å². The molecule has 0 fully saturated rings. The highest BCUT2D eigenvalue weighted by atomic mass is 16.2. The summed E-state index contributed by atoms with van der Waals surface area (Å²) in [5, 5.41) is 5.42. The van der Waals surface area contributed by atoms with Crippen LogP contribution in [0, 0.1) is 0 Å². The van der Waals surface area contributed by atoms with E-state index in [0.717, 1.165) is 39.6 Å². The van der Waals surface area contributed by atoms with Gasteiger partial charge in [0.15, 0.2) is 0 Å². The minimum atomic E-state index is -0.575. The number of nitrogens with two attached hydrogens (primary N) is 1. The first-order valence-corrected chi connectivity index (χ1v) is 10.5. The number of aryl methyl sites for hydroxylation is 1. The van der Waals surface area contributed by atoms with E-state index in [1.807, 2.05) is 49.4 Å². The number of anilines is 1. The highest BCUT2D eigenvalue weighted by Gasteiger charge is 2.42. The molecule has 3 aromatic carbocycles. The highest BCUT2D eigenvalue weighted by Crippen LogP contribution is 2.39. The summed E-state index contributed by atoms with van der Waals surface area (Å²) in [6, 6.07) is 19.0. The van der Waals surface area contributed by atoms with Crippen LogP contribution in [0.1, 0.15) is 36.1 Å². The molecule has 3 N–H and O–H groups in total. The Hall–Kier alpha value is -3.18. The second-order valence-corrected chi connectivity index (χ2v) is 8.30. The first-order valence-electron chi connectivity index (χ1n) is 10.5. The Kier molecular flexibility index (Phi) is 4.55. The van der Waals surface area contributed by atoms with Crippen molar-refractivity contribution in [3.05, 3.63) is 77.4 Å². The van der Waals surface area contributed by atoms with Crippen molar-refractivity contribution in [1.82, 2.24) is 5.32 Å². The predicted octanol–water partition coefficient (Wildman–Crippen LogP) is 3.25. The molecule has 0 saturated carbocycles. The van der Waals surface area contributed by atoms with Crippen molar-refractivity contribution in [2.45, 2.75) is 44.3 Å². The molecule has 5 nitrogen and oxygen atoms in total. The van der Waals surface area contributed by atoms with Gasteiger partial charge in [0.05, 0.1) is 17.8 Å². The van der Waals surface area contributed by atoms with E-state index in [9.17, 15) is 9.59 Å². The summed E-state index contributed by atoms with van der Waals surface area (Å²) >= 11 is 0. The van der Waals surface area contributed by atoms with Crippen LogP contribution < -0.4 is 16.0 Å². The molecule has 5 rings (SSSR count). The number of nitrogens with zero attached hydrogens (tertiary/aromatic N) is 1. The van der Waals surface area contributed by atoms with Gasteiger partial charge in [0.25, 0.3) is 0 Å². The van der Waals surface area contributed by atoms with Crippen LogP contribution in [0.25, 0.3) is 10.8 Å². The molecule has 0 bridgehead atoms. The highest BCUT2D eigenvalue weighted by molar-refractivity contribution is 6.07. The molecule has 0 spiro atoms. The number of nitrogens with one attached hydrogen (secondary N) is 1. The maximum Gasteiger partial charge on any atom is 0.244 e. The summed E-state index contributed by atoms with van der Waals surface area (Å²) in [6.07, 6.45) is 1.88. The van der Waals surface area contributed by atoms with Gasteiger partial charge in [-0.3, -0.25) is 14.5 Å². The Balaban J connectivity index is 1.45. The molecule has 0 unspecified atom stereocenters. The van der Waals surface area contributed by atoms with Crippen LogP contribution >= 0.6 is 0 Å². The van der Waals surface area contributed by atoms with Crippen LogP contribution in [0.4, 0.5) is 5.69 Å². The average molecular weight is 399 g/mol. The van der Waals surface area contributed by atoms with Gasteiger partial charge >= 0.3 is 0 Å². The van der Waals surface area contributed by atoms with Crippen LogP contribution in [0.2, 0.25) is 0 Å². The zero-order chi connectivity index (χ0) is 20.8. The summed E-state index contributed by atoms with van der Waals surface area (Å²) < 4.78 is 0. The average Bonchev–Trinajstić information content (AvgIpc) is 3.11. The van der Waals surface area contributed by atoms with E-state index in [4.69, 9.17) is 5.73 Å². The van der Waals surface area contributed by atoms with Crippen molar-refractivity contribution in [2.24, 2.45) is 5.73 Å². The summed E-state index contributed by atoms with van der Waals surface area (Å²) in [4.78, 5) is 28.1. The molecule has 5 heteroatoms. The maximum atomic E-state index is 13.4. The van der Waals surface area contributed by atoms with Gasteiger partial charge in [-0.2, -0.15) is 0 Å². The van der Waals surface area contributed by atoms with E-state index in [1.54, 1.807) is 4.90 Å². The Morgan fingerprint density at radius 3 is 2.67 bits per heavy atom. The molecule has 2 aliphatic rings. The second-order valence-electron chi connectivity index (χ2n) is 8.30. The smallest absolute Gasteiger partial charge is 0.244 e. The van der Waals surface area contributed by atoms with E-state index in [2.05, 4.69) is 23.5 Å². The van der Waals surface area contributed by atoms with Crippen molar-refractivity contribution in [1.29, 1.82) is 0 Å². The summed E-state index contributed by atoms with van der Waals surface area (Å²) in [6.45, 7) is 1.99. The van der Waals surface area contributed by atoms with Crippen LogP contribution in [-0.2, 0) is 22.4 Å². The Morgan fingerprint density at radius 1 is 1.07 bits per heavy atom. The first kappa shape index (κ1) is 18.8. The third-order valence-electron chi connectivity index (χ3n) is 6.40. The lowest BCUT2D eigenvalue weighted by molar-refractivity contribution is -0.127. The van der Waals surface area contributed by atoms with Gasteiger partial charge in [0, 0.05) is 6.42 Å². The number of hydrogen-bond donors (Lipinski definition) is 2. The standard InChI is InChI=1S/C25H25N3O2/c1-15(19-11-5-7-16-6-2-3-10-20(16)19)27-24(29)22-14-18-9-4-8-17-12-13-21(26)25(30)28(22)23(17)18/h2-11,15,21-22H,12-14,26H2,1H3,(H,27,29)/t15-,21+,22+/m1/s1. The number of hydrogen-bond acceptors (Lipinski definition) is 3. The number of fused-ring (bicyclic) bond motifs is 1. The lowest BCUT2D eigenvalue weighted by Gasteiger charge is -2.27. The zero-order valence-electron chi connectivity index (χ0n) is 17.0. The molecule has 0 aliphatic carbocycles. The van der Waals surface area contributed by atoms with Crippen LogP contribution in [0.5, 0.6) is 0 Å². The van der Waals surface area contributed by atoms with Gasteiger partial charge in [-0.15, -0.1) is 0 Å². The second kappa shape index (κ2) is 7.26. The zero-order valence-corrected chi connectivity index (χ0v) is 17.0. The maximum absolute atomic E-state index is 13.4. The van der Waals surface area contributed by atoms with E-state index < -0.39 is 12.1 Å². The van der Waals surface area contributed by atoms with Crippen molar-refractivity contribution in [3.8, 4) is 0 Å². The predicted molar refractivity (Wildman–Crippen MR) is 118 cm³/mol. The molecule has 152 valence electrons. The topological polar surface area (TPSA) is 75.4 Å². The van der Waals surface area contributed by atoms with Gasteiger partial charge in [-0.05, 0) is 47.2 Å². The molecular weight excluding hydrogens is 374 g/mol. The van der Waals surface area contributed by atoms with Gasteiger partial charge in [-0.1, -0.05) is 60.7 Å². The third kappa shape index (κ3) is 2.97. The number of benzene rings is 3. The number of carbonyl (C=O) groups excluding carboxylic acids is 2. The lowest BCUT2D eigenvalue weighted by atomic mass is 9.99. The molecular formula is C25H25N3O2. The van der Waals surface area contributed by atoms with E-state index in [1.165, 1.54) is 0 Å². The quantitative estimate of drug-likeness (QED) is 0.710. The monoisotopic (exact) mass is 399 g/mol. The minimum Gasteiger partial charge on any atom is -0.348 e. The molecule has 0 aromatic heterocycles. The van der Waals surface area contributed by atoms with Crippen molar-refractivity contribution >= 4 is 28.3 Å². The van der Waals surface area contributed by atoms with Crippen molar-refractivity contribution < 1.29 is 9.59 Å². The van der Waals surface area contributed by atoms with E-state index >= 15 is 0 Å². The normalized spacial score (nSPS) is 21.3. The molecule has 2 heterocycles. The molecule has 30 heavy (non-hydrogen) atoms. The fourth-order valence-electron chi connectivity index (χ4n) is 4.88. The third-order valence-corrected chi connectivity index (χ3v) is 6.40. The lowest BCUT2D eigenvalue weighted by Crippen LogP contribution is -2.52. The van der Waals surface area contributed by atoms with Crippen LogP contribution in [-0.4, -0.2) is 23.9 Å². The number of para-hydroxylation sites is 1. The van der Waals surface area contributed by atoms with Crippen molar-refractivity contribution in [3.63, 3.8) is 0 Å².